The molecule has 0 saturated heterocycles. The predicted octanol–water partition coefficient (Wildman–Crippen LogP) is 3.11. The van der Waals surface area contributed by atoms with Gasteiger partial charge in [-0.2, -0.15) is 4.98 Å². The Morgan fingerprint density at radius 2 is 1.90 bits per heavy atom. The van der Waals surface area contributed by atoms with Crippen LogP contribution in [0.2, 0.25) is 0 Å². The number of aromatic amines is 1. The minimum absolute atomic E-state index is 0.202. The normalized spacial score (nSPS) is 14.2. The molecule has 30 heavy (non-hydrogen) atoms. The minimum atomic E-state index is -0.460. The number of methoxy groups -OCH3 is 1. The zero-order valence-corrected chi connectivity index (χ0v) is 16.6. The van der Waals surface area contributed by atoms with Crippen molar-refractivity contribution in [1.29, 1.82) is 0 Å². The molecule has 0 fully saturated rings. The fourth-order valence-corrected chi connectivity index (χ4v) is 3.58. The molecule has 152 valence electrons. The lowest BCUT2D eigenvalue weighted by molar-refractivity contribution is -0.114. The molecule has 2 heterocycles. The Labute approximate surface area is 171 Å². The number of anilines is 1. The summed E-state index contributed by atoms with van der Waals surface area (Å²) in [6.45, 7) is 3.10. The zero-order valence-electron chi connectivity index (χ0n) is 16.6. The molecule has 0 aliphatic carbocycles. The molecule has 0 spiro atoms. The molecule has 1 amide bonds. The van der Waals surface area contributed by atoms with Gasteiger partial charge in [0.15, 0.2) is 0 Å². The average Bonchev–Trinajstić information content (AvgIpc) is 2.71. The number of aromatic nitrogens is 2. The van der Waals surface area contributed by atoms with E-state index in [1.54, 1.807) is 43.3 Å². The number of carbonyl (C=O) groups is 2. The monoisotopic (exact) mass is 405 g/mol. The molecule has 3 aromatic rings. The molecule has 2 aromatic carbocycles. The molecule has 8 nitrogen and oxygen atoms in total. The number of ether oxygens (including phenoxy) is 2. The highest BCUT2D eigenvalue weighted by atomic mass is 16.5. The van der Waals surface area contributed by atoms with Gasteiger partial charge >= 0.3 is 5.97 Å². The molecule has 0 bridgehead atoms. The molecule has 2 N–H and O–H groups in total. The highest BCUT2D eigenvalue weighted by Gasteiger charge is 2.33. The summed E-state index contributed by atoms with van der Waals surface area (Å²) in [5, 5.41) is 2.72. The molecule has 1 aliphatic rings. The smallest absolute Gasteiger partial charge is 0.337 e. The second-order valence-electron chi connectivity index (χ2n) is 6.95. The van der Waals surface area contributed by atoms with E-state index in [-0.39, 0.29) is 17.3 Å². The lowest BCUT2D eigenvalue weighted by Crippen LogP contribution is -2.25. The molecule has 0 saturated carbocycles. The minimum Gasteiger partial charge on any atom is -0.465 e. The first-order valence-corrected chi connectivity index (χ1v) is 9.26. The second-order valence-corrected chi connectivity index (χ2v) is 6.95. The standard InChI is InChI=1S/C22H19N3O5/c1-11-23-20(27)19-18(13-4-6-14(7-5-13)22(28)29-3)16-9-8-15(25-12(2)26)10-17(16)30-21(19)24-11/h4-10,18H,1-3H3,(H,25,26)(H,23,24,27). The average molecular weight is 405 g/mol. The molecule has 0 radical (unpaired) electrons. The van der Waals surface area contributed by atoms with Gasteiger partial charge in [0.25, 0.3) is 5.56 Å². The van der Waals surface area contributed by atoms with Crippen molar-refractivity contribution >= 4 is 17.6 Å². The quantitative estimate of drug-likeness (QED) is 0.507. The Hall–Kier alpha value is -3.94. The van der Waals surface area contributed by atoms with Crippen LogP contribution in [-0.2, 0) is 9.53 Å². The van der Waals surface area contributed by atoms with Crippen molar-refractivity contribution in [3.63, 3.8) is 0 Å². The Morgan fingerprint density at radius 1 is 1.17 bits per heavy atom. The molecule has 8 heteroatoms. The number of amides is 1. The number of rotatable bonds is 3. The van der Waals surface area contributed by atoms with Crippen LogP contribution in [0.3, 0.4) is 0 Å². The fraction of sp³-hybridized carbons (Fsp3) is 0.182. The van der Waals surface area contributed by atoms with E-state index in [4.69, 9.17) is 9.47 Å². The fourth-order valence-electron chi connectivity index (χ4n) is 3.58. The number of esters is 1. The third-order valence-corrected chi connectivity index (χ3v) is 4.84. The maximum Gasteiger partial charge on any atom is 0.337 e. The third-order valence-electron chi connectivity index (χ3n) is 4.84. The van der Waals surface area contributed by atoms with Gasteiger partial charge in [0, 0.05) is 30.2 Å². The van der Waals surface area contributed by atoms with Gasteiger partial charge in [0.1, 0.15) is 11.6 Å². The van der Waals surface area contributed by atoms with Crippen molar-refractivity contribution in [2.24, 2.45) is 0 Å². The van der Waals surface area contributed by atoms with E-state index < -0.39 is 11.9 Å². The SMILES string of the molecule is COC(=O)c1ccc(C2c3ccc(NC(C)=O)cc3Oc3nc(C)[nH]c(=O)c32)cc1. The lowest BCUT2D eigenvalue weighted by Gasteiger charge is -2.27. The van der Waals surface area contributed by atoms with E-state index in [9.17, 15) is 14.4 Å². The zero-order chi connectivity index (χ0) is 21.4. The first-order valence-electron chi connectivity index (χ1n) is 9.26. The molecular formula is C22H19N3O5. The predicted molar refractivity (Wildman–Crippen MR) is 109 cm³/mol. The number of aryl methyl sites for hydroxylation is 1. The maximum atomic E-state index is 12.8. The van der Waals surface area contributed by atoms with Crippen LogP contribution in [-0.4, -0.2) is 29.0 Å². The summed E-state index contributed by atoms with van der Waals surface area (Å²) >= 11 is 0. The van der Waals surface area contributed by atoms with Gasteiger partial charge in [-0.1, -0.05) is 18.2 Å². The van der Waals surface area contributed by atoms with E-state index in [1.807, 2.05) is 6.07 Å². The van der Waals surface area contributed by atoms with E-state index in [0.29, 0.717) is 28.4 Å². The number of carbonyl (C=O) groups excluding carboxylic acids is 2. The van der Waals surface area contributed by atoms with Gasteiger partial charge < -0.3 is 19.8 Å². The largest absolute Gasteiger partial charge is 0.465 e. The summed E-state index contributed by atoms with van der Waals surface area (Å²) in [5.41, 5.74) is 2.61. The van der Waals surface area contributed by atoms with Crippen molar-refractivity contribution in [2.75, 3.05) is 12.4 Å². The number of nitrogens with zero attached hydrogens (tertiary/aromatic N) is 1. The van der Waals surface area contributed by atoms with Crippen molar-refractivity contribution < 1.29 is 19.1 Å². The number of nitrogens with one attached hydrogen (secondary N) is 2. The van der Waals surface area contributed by atoms with Crippen LogP contribution >= 0.6 is 0 Å². The summed E-state index contributed by atoms with van der Waals surface area (Å²) in [6.07, 6.45) is 0. The maximum absolute atomic E-state index is 12.8. The van der Waals surface area contributed by atoms with Gasteiger partial charge in [-0.05, 0) is 30.7 Å². The summed E-state index contributed by atoms with van der Waals surface area (Å²) in [6, 6.07) is 12.1. The Kier molecular flexibility index (Phi) is 4.83. The summed E-state index contributed by atoms with van der Waals surface area (Å²) in [7, 11) is 1.32. The van der Waals surface area contributed by atoms with Gasteiger partial charge in [-0.25, -0.2) is 4.79 Å². The van der Waals surface area contributed by atoms with Gasteiger partial charge in [0.2, 0.25) is 11.8 Å². The van der Waals surface area contributed by atoms with E-state index in [0.717, 1.165) is 11.1 Å². The molecule has 4 rings (SSSR count). The third kappa shape index (κ3) is 3.43. The van der Waals surface area contributed by atoms with E-state index >= 15 is 0 Å². The summed E-state index contributed by atoms with van der Waals surface area (Å²) in [4.78, 5) is 43.1. The van der Waals surface area contributed by atoms with E-state index in [1.165, 1.54) is 14.0 Å². The first-order chi connectivity index (χ1) is 14.4. The number of fused-ring (bicyclic) bond motifs is 2. The number of H-pyrrole nitrogens is 1. The van der Waals surface area contributed by atoms with E-state index in [2.05, 4.69) is 15.3 Å². The molecule has 1 unspecified atom stereocenters. The lowest BCUT2D eigenvalue weighted by atomic mass is 9.83. The van der Waals surface area contributed by atoms with Crippen LogP contribution in [0.25, 0.3) is 0 Å². The highest BCUT2D eigenvalue weighted by molar-refractivity contribution is 5.90. The van der Waals surface area contributed by atoms with Crippen LogP contribution < -0.4 is 15.6 Å². The first kappa shape index (κ1) is 19.4. The Balaban J connectivity index is 1.88. The van der Waals surface area contributed by atoms with Crippen molar-refractivity contribution in [1.82, 2.24) is 9.97 Å². The molecule has 1 aliphatic heterocycles. The van der Waals surface area contributed by atoms with Crippen LogP contribution in [0.5, 0.6) is 11.6 Å². The molecule has 1 aromatic heterocycles. The number of benzene rings is 2. The number of hydrogen-bond acceptors (Lipinski definition) is 6. The Morgan fingerprint density at radius 3 is 2.57 bits per heavy atom. The van der Waals surface area contributed by atoms with Crippen molar-refractivity contribution in [3.05, 3.63) is 80.9 Å². The van der Waals surface area contributed by atoms with Gasteiger partial charge in [0.05, 0.1) is 18.2 Å². The number of hydrogen-bond donors (Lipinski definition) is 2. The topological polar surface area (TPSA) is 110 Å². The van der Waals surface area contributed by atoms with Crippen LogP contribution in [0.4, 0.5) is 5.69 Å². The van der Waals surface area contributed by atoms with Crippen LogP contribution in [0.1, 0.15) is 45.7 Å². The summed E-state index contributed by atoms with van der Waals surface area (Å²) < 4.78 is 10.7. The molecular weight excluding hydrogens is 386 g/mol. The van der Waals surface area contributed by atoms with Crippen molar-refractivity contribution in [3.8, 4) is 11.6 Å². The van der Waals surface area contributed by atoms with Crippen molar-refractivity contribution in [2.45, 2.75) is 19.8 Å². The van der Waals surface area contributed by atoms with Crippen LogP contribution in [0.15, 0.2) is 47.3 Å². The summed E-state index contributed by atoms with van der Waals surface area (Å²) in [5.74, 6) is 0.0358. The second kappa shape index (κ2) is 7.47. The van der Waals surface area contributed by atoms with Gasteiger partial charge in [-0.15, -0.1) is 0 Å². The highest BCUT2D eigenvalue weighted by Crippen LogP contribution is 2.45. The molecule has 1 atom stereocenters. The Bertz CT molecular complexity index is 1210. The van der Waals surface area contributed by atoms with Gasteiger partial charge in [-0.3, -0.25) is 9.59 Å². The van der Waals surface area contributed by atoms with Crippen LogP contribution in [0, 0.1) is 6.92 Å².